The SMILES string of the molecule is Nc1ncnc2c1c(-c1ccc(Oc3ccccc3)cc1)nn2C1CCCN(C(=O)CCCN2CCN(CCCCCCCCCNc3cccc4c3CN(C3CCC(=O)NC3=O)C4=O)CC2)C1. The van der Waals surface area contributed by atoms with Crippen molar-refractivity contribution in [3.63, 3.8) is 0 Å². The zero-order chi connectivity index (χ0) is 46.8. The van der Waals surface area contributed by atoms with Crippen LogP contribution in [0.15, 0.2) is 79.1 Å². The average molecular weight is 924 g/mol. The van der Waals surface area contributed by atoms with Gasteiger partial charge < -0.3 is 35.4 Å². The molecule has 0 spiro atoms. The van der Waals surface area contributed by atoms with E-state index in [0.717, 1.165) is 124 Å². The van der Waals surface area contributed by atoms with Crippen molar-refractivity contribution >= 4 is 46.2 Å². The van der Waals surface area contributed by atoms with Gasteiger partial charge in [0.2, 0.25) is 17.7 Å². The summed E-state index contributed by atoms with van der Waals surface area (Å²) < 4.78 is 7.97. The van der Waals surface area contributed by atoms with Gasteiger partial charge in [0, 0.05) is 87.6 Å². The molecule has 2 aromatic heterocycles. The number of nitrogens with zero attached hydrogens (tertiary/aromatic N) is 8. The van der Waals surface area contributed by atoms with Crippen molar-refractivity contribution < 1.29 is 23.9 Å². The first kappa shape index (κ1) is 46.7. The number of rotatable bonds is 20. The van der Waals surface area contributed by atoms with Crippen molar-refractivity contribution in [2.45, 2.75) is 102 Å². The first-order valence-electron chi connectivity index (χ1n) is 24.8. The minimum atomic E-state index is -0.600. The molecule has 16 nitrogen and oxygen atoms in total. The fraction of sp³-hybridized carbons (Fsp3) is 0.481. The first-order valence-corrected chi connectivity index (χ1v) is 24.8. The van der Waals surface area contributed by atoms with E-state index in [2.05, 4.69) is 30.4 Å². The number of unbranched alkanes of at least 4 members (excludes halogenated alkanes) is 6. The van der Waals surface area contributed by atoms with Crippen LogP contribution in [0.2, 0.25) is 0 Å². The van der Waals surface area contributed by atoms with Gasteiger partial charge in [-0.1, -0.05) is 56.4 Å². The standard InChI is InChI=1S/C52H65N11O5/c53-49-47-48(37-20-22-40(23-21-37)68-39-15-7-6-8-16-39)58-63(50(47)56-36-55-49)38-14-12-29-61(34-38)46(65)19-13-28-60-32-30-59(31-33-60)27-10-5-3-1-2-4-9-26-54-43-18-11-17-41-42(43)35-62(52(41)67)44-24-25-45(64)57-51(44)66/h6-8,11,15-18,20-23,36,38,44,54H,1-5,9-10,12-14,19,24-35H2,(H2,53,55,56)(H,57,64,66). The minimum Gasteiger partial charge on any atom is -0.457 e. The third-order valence-corrected chi connectivity index (χ3v) is 14.1. The van der Waals surface area contributed by atoms with Crippen LogP contribution < -0.4 is 21.1 Å². The number of benzene rings is 3. The Hall–Kier alpha value is -6.39. The molecule has 9 rings (SSSR count). The normalized spacial score (nSPS) is 19.1. The van der Waals surface area contributed by atoms with Gasteiger partial charge in [-0.3, -0.25) is 24.5 Å². The second-order valence-electron chi connectivity index (χ2n) is 18.7. The third-order valence-electron chi connectivity index (χ3n) is 14.1. The van der Waals surface area contributed by atoms with Crippen molar-refractivity contribution in [2.24, 2.45) is 0 Å². The number of para-hydroxylation sites is 1. The van der Waals surface area contributed by atoms with Gasteiger partial charge >= 0.3 is 0 Å². The van der Waals surface area contributed by atoms with E-state index in [1.54, 1.807) is 4.90 Å². The van der Waals surface area contributed by atoms with Gasteiger partial charge in [0.25, 0.3) is 5.91 Å². The Morgan fingerprint density at radius 3 is 2.26 bits per heavy atom. The molecular weight excluding hydrogens is 859 g/mol. The molecule has 4 aliphatic rings. The van der Waals surface area contributed by atoms with E-state index >= 15 is 0 Å². The monoisotopic (exact) mass is 924 g/mol. The number of fused-ring (bicyclic) bond motifs is 2. The molecule has 3 fully saturated rings. The molecule has 2 atom stereocenters. The number of piperidine rings is 2. The van der Waals surface area contributed by atoms with Gasteiger partial charge in [-0.2, -0.15) is 5.10 Å². The number of imide groups is 1. The summed E-state index contributed by atoms with van der Waals surface area (Å²) in [5.41, 5.74) is 11.3. The second kappa shape index (κ2) is 22.1. The van der Waals surface area contributed by atoms with Gasteiger partial charge in [0.15, 0.2) is 5.65 Å². The maximum absolute atomic E-state index is 13.6. The number of ether oxygens (including phenoxy) is 1. The largest absolute Gasteiger partial charge is 0.457 e. The smallest absolute Gasteiger partial charge is 0.255 e. The highest BCUT2D eigenvalue weighted by Crippen LogP contribution is 2.36. The number of nitrogen functional groups attached to an aromatic ring is 1. The highest BCUT2D eigenvalue weighted by atomic mass is 16.5. The van der Waals surface area contributed by atoms with E-state index in [9.17, 15) is 19.2 Å². The summed E-state index contributed by atoms with van der Waals surface area (Å²) in [6.45, 7) is 8.95. The topological polar surface area (TPSA) is 184 Å². The van der Waals surface area contributed by atoms with Crippen LogP contribution in [-0.2, 0) is 20.9 Å². The number of nitrogens with two attached hydrogens (primary N) is 1. The van der Waals surface area contributed by atoms with Crippen LogP contribution in [0.4, 0.5) is 11.5 Å². The Balaban J connectivity index is 0.634. The van der Waals surface area contributed by atoms with E-state index in [-0.39, 0.29) is 36.1 Å². The number of hydrogen-bond acceptors (Lipinski definition) is 12. The lowest BCUT2D eigenvalue weighted by Gasteiger charge is -2.35. The van der Waals surface area contributed by atoms with Crippen LogP contribution in [-0.4, -0.2) is 128 Å². The average Bonchev–Trinajstić information content (AvgIpc) is 3.92. The van der Waals surface area contributed by atoms with E-state index in [1.807, 2.05) is 82.4 Å². The van der Waals surface area contributed by atoms with Crippen molar-refractivity contribution in [1.29, 1.82) is 0 Å². The molecule has 2 unspecified atom stereocenters. The number of anilines is 2. The second-order valence-corrected chi connectivity index (χ2v) is 18.7. The Morgan fingerprint density at radius 1 is 0.779 bits per heavy atom. The fourth-order valence-corrected chi connectivity index (χ4v) is 10.3. The number of likely N-dealkylation sites (tertiary alicyclic amines) is 1. The van der Waals surface area contributed by atoms with Gasteiger partial charge in [-0.25, -0.2) is 14.6 Å². The zero-order valence-electron chi connectivity index (χ0n) is 39.1. The molecule has 0 aliphatic carbocycles. The van der Waals surface area contributed by atoms with Gasteiger partial charge in [-0.15, -0.1) is 0 Å². The highest BCUT2D eigenvalue weighted by Gasteiger charge is 2.40. The molecule has 6 heterocycles. The summed E-state index contributed by atoms with van der Waals surface area (Å²) >= 11 is 0. The Bertz CT molecular complexity index is 2540. The lowest BCUT2D eigenvalue weighted by atomic mass is 10.0. The summed E-state index contributed by atoms with van der Waals surface area (Å²) in [7, 11) is 0. The molecule has 358 valence electrons. The van der Waals surface area contributed by atoms with Crippen LogP contribution >= 0.6 is 0 Å². The Kier molecular flexibility index (Phi) is 15.2. The number of aromatic nitrogens is 4. The van der Waals surface area contributed by atoms with Crippen LogP contribution in [0.25, 0.3) is 22.3 Å². The predicted octanol–water partition coefficient (Wildman–Crippen LogP) is 7.03. The number of carbonyl (C=O) groups is 4. The van der Waals surface area contributed by atoms with Crippen molar-refractivity contribution in [2.75, 3.05) is 70.0 Å². The van der Waals surface area contributed by atoms with Gasteiger partial charge in [-0.05, 0) is 100 Å². The molecule has 4 N–H and O–H groups in total. The van der Waals surface area contributed by atoms with Crippen molar-refractivity contribution in [1.82, 2.24) is 44.7 Å². The number of carbonyl (C=O) groups excluding carboxylic acids is 4. The minimum absolute atomic E-state index is 0.0117. The first-order chi connectivity index (χ1) is 33.3. The molecule has 0 radical (unpaired) electrons. The Morgan fingerprint density at radius 2 is 1.50 bits per heavy atom. The molecule has 5 aromatic rings. The molecule has 0 saturated carbocycles. The van der Waals surface area contributed by atoms with Crippen molar-refractivity contribution in [3.05, 3.63) is 90.3 Å². The molecule has 16 heteroatoms. The van der Waals surface area contributed by atoms with Gasteiger partial charge in [0.1, 0.15) is 35.4 Å². The zero-order valence-corrected chi connectivity index (χ0v) is 39.1. The van der Waals surface area contributed by atoms with E-state index in [1.165, 1.54) is 38.4 Å². The van der Waals surface area contributed by atoms with Crippen LogP contribution in [0, 0.1) is 0 Å². The lowest BCUT2D eigenvalue weighted by Crippen LogP contribution is -2.52. The molecule has 3 aromatic carbocycles. The van der Waals surface area contributed by atoms with Crippen LogP contribution in [0.3, 0.4) is 0 Å². The highest BCUT2D eigenvalue weighted by molar-refractivity contribution is 6.06. The number of nitrogens with one attached hydrogen (secondary N) is 2. The molecule has 4 amide bonds. The van der Waals surface area contributed by atoms with Crippen LogP contribution in [0.5, 0.6) is 11.5 Å². The van der Waals surface area contributed by atoms with E-state index in [0.29, 0.717) is 43.0 Å². The molecule has 0 bridgehead atoms. The van der Waals surface area contributed by atoms with Crippen molar-refractivity contribution in [3.8, 4) is 22.8 Å². The quantitative estimate of drug-likeness (QED) is 0.0536. The predicted molar refractivity (Wildman–Crippen MR) is 262 cm³/mol. The molecule has 68 heavy (non-hydrogen) atoms. The van der Waals surface area contributed by atoms with E-state index in [4.69, 9.17) is 15.6 Å². The van der Waals surface area contributed by atoms with E-state index < -0.39 is 6.04 Å². The summed E-state index contributed by atoms with van der Waals surface area (Å²) in [6.07, 6.45) is 13.7. The molecule has 3 saturated heterocycles. The number of amides is 4. The third kappa shape index (κ3) is 11.1. The maximum Gasteiger partial charge on any atom is 0.255 e. The molecular formula is C52H65N11O5. The fourth-order valence-electron chi connectivity index (χ4n) is 10.3. The summed E-state index contributed by atoms with van der Waals surface area (Å²) in [4.78, 5) is 68.4. The number of hydrogen-bond donors (Lipinski definition) is 3. The lowest BCUT2D eigenvalue weighted by molar-refractivity contribution is -0.137. The molecule has 4 aliphatic heterocycles. The summed E-state index contributed by atoms with van der Waals surface area (Å²) in [5.74, 6) is 1.29. The maximum atomic E-state index is 13.6. The van der Waals surface area contributed by atoms with Crippen LogP contribution in [0.1, 0.15) is 105 Å². The summed E-state index contributed by atoms with van der Waals surface area (Å²) in [6, 6.07) is 22.6. The Labute approximate surface area is 398 Å². The summed E-state index contributed by atoms with van der Waals surface area (Å²) in [5, 5.41) is 11.7. The van der Waals surface area contributed by atoms with Gasteiger partial charge in [0.05, 0.1) is 11.4 Å². The number of piperazine rings is 1.